The predicted molar refractivity (Wildman–Crippen MR) is 64.4 cm³/mol. The molecule has 0 aliphatic heterocycles. The summed E-state index contributed by atoms with van der Waals surface area (Å²) in [5.74, 6) is 0.391. The van der Waals surface area contributed by atoms with Crippen molar-refractivity contribution in [2.45, 2.75) is 54.4 Å². The van der Waals surface area contributed by atoms with E-state index in [1.807, 2.05) is 6.92 Å². The molecule has 0 aromatic carbocycles. The minimum Gasteiger partial charge on any atom is -0.207 e. The van der Waals surface area contributed by atoms with Crippen molar-refractivity contribution >= 4 is 0 Å². The quantitative estimate of drug-likeness (QED) is 0.570. The molecule has 1 aliphatic carbocycles. The Kier molecular flexibility index (Phi) is 3.42. The van der Waals surface area contributed by atoms with Crippen molar-refractivity contribution < 1.29 is 4.39 Å². The van der Waals surface area contributed by atoms with Gasteiger partial charge in [0.05, 0.1) is 0 Å². The Morgan fingerprint density at radius 3 is 2.07 bits per heavy atom. The minimum absolute atomic E-state index is 0.0566. The second-order valence-corrected chi connectivity index (χ2v) is 5.85. The highest BCUT2D eigenvalue weighted by Crippen LogP contribution is 2.41. The summed E-state index contributed by atoms with van der Waals surface area (Å²) >= 11 is 0. The van der Waals surface area contributed by atoms with E-state index in [2.05, 4.69) is 34.6 Å². The lowest BCUT2D eigenvalue weighted by Crippen LogP contribution is -2.16. The van der Waals surface area contributed by atoms with Crippen LogP contribution in [0.25, 0.3) is 0 Å². The Morgan fingerprint density at radius 1 is 1.13 bits per heavy atom. The molecule has 0 nitrogen and oxygen atoms in total. The fourth-order valence-electron chi connectivity index (χ4n) is 2.41. The second-order valence-electron chi connectivity index (χ2n) is 5.85. The van der Waals surface area contributed by atoms with E-state index in [1.54, 1.807) is 0 Å². The van der Waals surface area contributed by atoms with Crippen LogP contribution in [0.5, 0.6) is 0 Å². The topological polar surface area (TPSA) is 0 Å². The maximum Gasteiger partial charge on any atom is 0.125 e. The first kappa shape index (κ1) is 12.5. The maximum atomic E-state index is 14.1. The lowest BCUT2D eigenvalue weighted by atomic mass is 9.75. The van der Waals surface area contributed by atoms with Crippen molar-refractivity contribution in [2.75, 3.05) is 0 Å². The molecule has 0 unspecified atom stereocenters. The van der Waals surface area contributed by atoms with Crippen LogP contribution in [0.1, 0.15) is 54.4 Å². The highest BCUT2D eigenvalue weighted by molar-refractivity contribution is 5.39. The van der Waals surface area contributed by atoms with Crippen molar-refractivity contribution in [1.82, 2.24) is 0 Å². The van der Waals surface area contributed by atoms with Crippen molar-refractivity contribution in [3.05, 3.63) is 22.5 Å². The minimum atomic E-state index is 0.0566. The highest BCUT2D eigenvalue weighted by Gasteiger charge is 2.27. The van der Waals surface area contributed by atoms with E-state index >= 15 is 0 Å². The van der Waals surface area contributed by atoms with Gasteiger partial charge in [-0.15, -0.1) is 0 Å². The maximum absolute atomic E-state index is 14.1. The predicted octanol–water partition coefficient (Wildman–Crippen LogP) is 5.02. The summed E-state index contributed by atoms with van der Waals surface area (Å²) in [6.07, 6.45) is 1.92. The van der Waals surface area contributed by atoms with Gasteiger partial charge in [0.1, 0.15) is 5.83 Å². The monoisotopic (exact) mass is 210 g/mol. The zero-order valence-electron chi connectivity index (χ0n) is 10.9. The highest BCUT2D eigenvalue weighted by atomic mass is 19.1. The average molecular weight is 210 g/mol. The van der Waals surface area contributed by atoms with Gasteiger partial charge in [0.15, 0.2) is 0 Å². The van der Waals surface area contributed by atoms with Crippen LogP contribution < -0.4 is 0 Å². The third-order valence-electron chi connectivity index (χ3n) is 3.31. The lowest BCUT2D eigenvalue weighted by Gasteiger charge is -2.30. The van der Waals surface area contributed by atoms with E-state index in [0.29, 0.717) is 5.92 Å². The van der Waals surface area contributed by atoms with Crippen molar-refractivity contribution in [2.24, 2.45) is 11.3 Å². The SMILES string of the molecule is CC1=C(C(C)(C)C)CCC(C(C)C)=C1F. The number of hydrogen-bond acceptors (Lipinski definition) is 0. The fourth-order valence-corrected chi connectivity index (χ4v) is 2.41. The number of allylic oxidation sites excluding steroid dienone is 4. The van der Waals surface area contributed by atoms with Gasteiger partial charge in [-0.2, -0.15) is 0 Å². The molecular weight excluding hydrogens is 187 g/mol. The van der Waals surface area contributed by atoms with Gasteiger partial charge in [-0.3, -0.25) is 0 Å². The smallest absolute Gasteiger partial charge is 0.125 e. The van der Waals surface area contributed by atoms with E-state index in [4.69, 9.17) is 0 Å². The van der Waals surface area contributed by atoms with Crippen LogP contribution in [0, 0.1) is 11.3 Å². The molecule has 0 atom stereocenters. The Balaban J connectivity index is 3.16. The van der Waals surface area contributed by atoms with Gasteiger partial charge in [-0.25, -0.2) is 4.39 Å². The van der Waals surface area contributed by atoms with Gasteiger partial charge < -0.3 is 0 Å². The summed E-state index contributed by atoms with van der Waals surface area (Å²) in [4.78, 5) is 0. The van der Waals surface area contributed by atoms with Crippen LogP contribution in [0.3, 0.4) is 0 Å². The number of halogens is 1. The van der Waals surface area contributed by atoms with Crippen molar-refractivity contribution in [3.63, 3.8) is 0 Å². The summed E-state index contributed by atoms with van der Waals surface area (Å²) in [6.45, 7) is 12.6. The summed E-state index contributed by atoms with van der Waals surface area (Å²) < 4.78 is 14.1. The molecule has 0 saturated carbocycles. The van der Waals surface area contributed by atoms with E-state index < -0.39 is 0 Å². The van der Waals surface area contributed by atoms with Gasteiger partial charge >= 0.3 is 0 Å². The molecule has 0 spiro atoms. The third kappa shape index (κ3) is 2.50. The first-order chi connectivity index (χ1) is 6.75. The molecule has 0 aromatic heterocycles. The molecule has 0 fully saturated rings. The molecule has 0 saturated heterocycles. The Hall–Kier alpha value is -0.590. The molecule has 0 heterocycles. The van der Waals surface area contributed by atoms with Gasteiger partial charge in [0, 0.05) is 0 Å². The lowest BCUT2D eigenvalue weighted by molar-refractivity contribution is 0.453. The van der Waals surface area contributed by atoms with E-state index in [-0.39, 0.29) is 11.2 Å². The van der Waals surface area contributed by atoms with Gasteiger partial charge in [0.25, 0.3) is 0 Å². The molecule has 1 rings (SSSR count). The Labute approximate surface area is 93.3 Å². The Bertz CT molecular complexity index is 311. The zero-order chi connectivity index (χ0) is 11.8. The van der Waals surface area contributed by atoms with E-state index in [9.17, 15) is 4.39 Å². The van der Waals surface area contributed by atoms with Crippen LogP contribution in [-0.4, -0.2) is 0 Å². The van der Waals surface area contributed by atoms with Gasteiger partial charge in [-0.05, 0) is 42.2 Å². The Morgan fingerprint density at radius 2 is 1.67 bits per heavy atom. The molecule has 0 N–H and O–H groups in total. The first-order valence-corrected chi connectivity index (χ1v) is 5.84. The molecule has 0 bridgehead atoms. The van der Waals surface area contributed by atoms with Crippen LogP contribution >= 0.6 is 0 Å². The summed E-state index contributed by atoms with van der Waals surface area (Å²) in [5, 5.41) is 0. The van der Waals surface area contributed by atoms with Crippen molar-refractivity contribution in [1.29, 1.82) is 0 Å². The summed E-state index contributed by atoms with van der Waals surface area (Å²) in [6, 6.07) is 0. The molecule has 1 heteroatoms. The van der Waals surface area contributed by atoms with Crippen molar-refractivity contribution in [3.8, 4) is 0 Å². The first-order valence-electron chi connectivity index (χ1n) is 5.84. The van der Waals surface area contributed by atoms with Gasteiger partial charge in [-0.1, -0.05) is 40.2 Å². The third-order valence-corrected chi connectivity index (χ3v) is 3.31. The largest absolute Gasteiger partial charge is 0.207 e. The molecular formula is C14H23F. The van der Waals surface area contributed by atoms with Crippen LogP contribution in [0.4, 0.5) is 4.39 Å². The number of hydrogen-bond donors (Lipinski definition) is 0. The fraction of sp³-hybridized carbons (Fsp3) is 0.714. The summed E-state index contributed by atoms with van der Waals surface area (Å²) in [7, 11) is 0. The second kappa shape index (κ2) is 4.11. The standard InChI is InChI=1S/C14H23F/c1-9(2)11-7-8-12(14(4,5)6)10(3)13(11)15/h9H,7-8H2,1-6H3. The van der Waals surface area contributed by atoms with Crippen LogP contribution in [0.15, 0.2) is 22.5 Å². The van der Waals surface area contributed by atoms with E-state index in [0.717, 1.165) is 24.0 Å². The molecule has 15 heavy (non-hydrogen) atoms. The molecule has 0 radical (unpaired) electrons. The van der Waals surface area contributed by atoms with Crippen LogP contribution in [0.2, 0.25) is 0 Å². The molecule has 0 amide bonds. The molecule has 0 aromatic rings. The molecule has 86 valence electrons. The summed E-state index contributed by atoms with van der Waals surface area (Å²) in [5.41, 5.74) is 3.27. The normalized spacial score (nSPS) is 19.2. The van der Waals surface area contributed by atoms with Gasteiger partial charge in [0.2, 0.25) is 0 Å². The average Bonchev–Trinajstić information content (AvgIpc) is 2.06. The zero-order valence-corrected chi connectivity index (χ0v) is 10.9. The number of rotatable bonds is 1. The van der Waals surface area contributed by atoms with E-state index in [1.165, 1.54) is 5.57 Å². The van der Waals surface area contributed by atoms with Crippen LogP contribution in [-0.2, 0) is 0 Å². The molecule has 1 aliphatic rings.